The Bertz CT molecular complexity index is 1450. The molecule has 214 valence electrons. The number of piperidine rings is 1. The first kappa shape index (κ1) is 27.9. The van der Waals surface area contributed by atoms with Crippen LogP contribution in [0.3, 0.4) is 0 Å². The summed E-state index contributed by atoms with van der Waals surface area (Å²) in [7, 11) is 1.54. The number of aliphatic hydroxyl groups is 1. The third-order valence-corrected chi connectivity index (χ3v) is 7.37. The molecular weight excluding hydrogens is 526 g/mol. The summed E-state index contributed by atoms with van der Waals surface area (Å²) < 4.78 is 15.7. The molecule has 10 heteroatoms. The van der Waals surface area contributed by atoms with Crippen LogP contribution in [0.25, 0.3) is 17.0 Å². The monoisotopic (exact) mass is 559 g/mol. The van der Waals surface area contributed by atoms with Crippen LogP contribution in [-0.4, -0.2) is 64.8 Å². The number of aromatic nitrogens is 1. The van der Waals surface area contributed by atoms with Gasteiger partial charge in [-0.2, -0.15) is 0 Å². The average Bonchev–Trinajstić information content (AvgIpc) is 3.59. The number of nitrogens with zero attached hydrogens (tertiary/aromatic N) is 3. The number of ether oxygens (including phenoxy) is 2. The molecule has 2 aromatic carbocycles. The molecule has 0 spiro atoms. The third kappa shape index (κ3) is 5.68. The van der Waals surface area contributed by atoms with Gasteiger partial charge in [0.1, 0.15) is 29.1 Å². The number of ketones is 1. The molecule has 0 bridgehead atoms. The zero-order valence-corrected chi connectivity index (χ0v) is 23.5. The fraction of sp³-hybridized carbons (Fsp3) is 0.355. The van der Waals surface area contributed by atoms with E-state index in [-0.39, 0.29) is 17.3 Å². The lowest BCUT2D eigenvalue weighted by Crippen LogP contribution is -2.47. The van der Waals surface area contributed by atoms with Gasteiger partial charge in [-0.1, -0.05) is 17.3 Å². The lowest BCUT2D eigenvalue weighted by atomic mass is 9.84. The van der Waals surface area contributed by atoms with Gasteiger partial charge >= 0.3 is 6.09 Å². The fourth-order valence-electron chi connectivity index (χ4n) is 5.37. The van der Waals surface area contributed by atoms with Crippen LogP contribution < -0.4 is 9.64 Å². The predicted molar refractivity (Wildman–Crippen MR) is 151 cm³/mol. The minimum absolute atomic E-state index is 0.0523. The highest BCUT2D eigenvalue weighted by Crippen LogP contribution is 2.40. The fourth-order valence-corrected chi connectivity index (χ4v) is 5.37. The van der Waals surface area contributed by atoms with Gasteiger partial charge in [0, 0.05) is 36.0 Å². The molecule has 3 aromatic rings. The van der Waals surface area contributed by atoms with Crippen LogP contribution in [0, 0.1) is 5.92 Å². The van der Waals surface area contributed by atoms with Gasteiger partial charge in [-0.05, 0) is 75.9 Å². The predicted octanol–water partition coefficient (Wildman–Crippen LogP) is 5.25. The van der Waals surface area contributed by atoms with Crippen molar-refractivity contribution in [2.45, 2.75) is 45.3 Å². The number of carbonyl (C=O) groups is 3. The van der Waals surface area contributed by atoms with Gasteiger partial charge in [-0.25, -0.2) is 4.79 Å². The van der Waals surface area contributed by atoms with Crippen molar-refractivity contribution in [2.24, 2.45) is 5.92 Å². The van der Waals surface area contributed by atoms with Crippen LogP contribution in [0.1, 0.15) is 39.2 Å². The van der Waals surface area contributed by atoms with E-state index in [0.717, 1.165) is 5.56 Å². The minimum Gasteiger partial charge on any atom is -0.507 e. The Balaban J connectivity index is 1.50. The first-order valence-corrected chi connectivity index (χ1v) is 13.5. The summed E-state index contributed by atoms with van der Waals surface area (Å²) in [6.45, 7) is 6.25. The summed E-state index contributed by atoms with van der Waals surface area (Å²) in [5.41, 5.74) is 1.79. The zero-order valence-electron chi connectivity index (χ0n) is 23.5. The summed E-state index contributed by atoms with van der Waals surface area (Å²) in [5.74, 6) is -1.31. The molecular formula is C31H33N3O7. The van der Waals surface area contributed by atoms with E-state index < -0.39 is 29.4 Å². The number of aliphatic hydroxyl groups excluding tert-OH is 1. The molecule has 2 amide bonds. The second-order valence-corrected chi connectivity index (χ2v) is 11.2. The second kappa shape index (κ2) is 11.1. The van der Waals surface area contributed by atoms with E-state index >= 15 is 0 Å². The normalized spacial score (nSPS) is 19.5. The van der Waals surface area contributed by atoms with Crippen molar-refractivity contribution in [1.82, 2.24) is 10.1 Å². The lowest BCUT2D eigenvalue weighted by Gasteiger charge is -2.38. The van der Waals surface area contributed by atoms with Gasteiger partial charge in [0.15, 0.2) is 0 Å². The van der Waals surface area contributed by atoms with Crippen molar-refractivity contribution in [1.29, 1.82) is 0 Å². The van der Waals surface area contributed by atoms with E-state index in [1.807, 2.05) is 20.8 Å². The van der Waals surface area contributed by atoms with E-state index in [1.165, 1.54) is 18.3 Å². The standard InChI is InChI=1S/C31H33N3O7/c1-31(2,3)41-30(38)33-16-13-20(14-17-33)26-25(27(35)21-7-11-23(39-4)12-8-21)28(36)29(37)34(26)22-9-5-19(6-10-22)24-15-18-40-32-24/h5-12,15,18,20,26,35H,13-14,16-17H2,1-4H3. The number of likely N-dealkylation sites (tertiary alicyclic amines) is 1. The molecule has 0 radical (unpaired) electrons. The first-order valence-electron chi connectivity index (χ1n) is 13.5. The number of amides is 2. The van der Waals surface area contributed by atoms with Gasteiger partial charge in [0.2, 0.25) is 0 Å². The lowest BCUT2D eigenvalue weighted by molar-refractivity contribution is -0.132. The van der Waals surface area contributed by atoms with Crippen LogP contribution in [0.4, 0.5) is 10.5 Å². The molecule has 1 unspecified atom stereocenters. The summed E-state index contributed by atoms with van der Waals surface area (Å²) in [6.07, 6.45) is 2.10. The Morgan fingerprint density at radius 2 is 1.66 bits per heavy atom. The Hall–Kier alpha value is -4.60. The smallest absolute Gasteiger partial charge is 0.410 e. The van der Waals surface area contributed by atoms with Gasteiger partial charge < -0.3 is 24.0 Å². The van der Waals surface area contributed by atoms with E-state index in [4.69, 9.17) is 14.0 Å². The average molecular weight is 560 g/mol. The van der Waals surface area contributed by atoms with Crippen LogP contribution in [0.5, 0.6) is 5.75 Å². The van der Waals surface area contributed by atoms with E-state index in [2.05, 4.69) is 5.16 Å². The number of methoxy groups -OCH3 is 1. The molecule has 0 aliphatic carbocycles. The molecule has 2 aliphatic rings. The van der Waals surface area contributed by atoms with Crippen molar-refractivity contribution in [3.05, 3.63) is 72.0 Å². The summed E-state index contributed by atoms with van der Waals surface area (Å²) in [5, 5.41) is 15.4. The third-order valence-electron chi connectivity index (χ3n) is 7.37. The molecule has 2 fully saturated rings. The number of benzene rings is 2. The van der Waals surface area contributed by atoms with Crippen molar-refractivity contribution >= 4 is 29.2 Å². The topological polar surface area (TPSA) is 122 Å². The zero-order chi connectivity index (χ0) is 29.3. The highest BCUT2D eigenvalue weighted by molar-refractivity contribution is 6.51. The van der Waals surface area contributed by atoms with Gasteiger partial charge in [-0.3, -0.25) is 14.5 Å². The number of hydrogen-bond donors (Lipinski definition) is 1. The second-order valence-electron chi connectivity index (χ2n) is 11.2. The number of rotatable bonds is 5. The molecule has 2 saturated heterocycles. The molecule has 41 heavy (non-hydrogen) atoms. The maximum absolute atomic E-state index is 13.5. The highest BCUT2D eigenvalue weighted by atomic mass is 16.6. The van der Waals surface area contributed by atoms with Crippen LogP contribution in [0.2, 0.25) is 0 Å². The molecule has 10 nitrogen and oxygen atoms in total. The number of carbonyl (C=O) groups excluding carboxylic acids is 3. The van der Waals surface area contributed by atoms with Crippen LogP contribution in [0.15, 0.2) is 71.0 Å². The van der Waals surface area contributed by atoms with Gasteiger partial charge in [0.25, 0.3) is 11.7 Å². The first-order chi connectivity index (χ1) is 19.6. The number of Topliss-reactive ketones (excluding diaryl/α,β-unsaturated/α-hetero) is 1. The summed E-state index contributed by atoms with van der Waals surface area (Å²) in [6, 6.07) is 14.8. The number of anilines is 1. The summed E-state index contributed by atoms with van der Waals surface area (Å²) >= 11 is 0. The van der Waals surface area contributed by atoms with Crippen LogP contribution in [-0.2, 0) is 14.3 Å². The maximum atomic E-state index is 13.5. The number of hydrogen-bond acceptors (Lipinski definition) is 8. The SMILES string of the molecule is COc1ccc(C(O)=C2C(=O)C(=O)N(c3ccc(-c4ccon4)cc3)C2C2CCN(C(=O)OC(C)(C)C)CC2)cc1. The Morgan fingerprint density at radius 1 is 1.00 bits per heavy atom. The quantitative estimate of drug-likeness (QED) is 0.256. The molecule has 3 heterocycles. The molecule has 0 saturated carbocycles. The Labute approximate surface area is 238 Å². The molecule has 5 rings (SSSR count). The highest BCUT2D eigenvalue weighted by Gasteiger charge is 2.50. The Kier molecular flexibility index (Phi) is 7.57. The van der Waals surface area contributed by atoms with Crippen molar-refractivity contribution in [3.63, 3.8) is 0 Å². The molecule has 1 aromatic heterocycles. The van der Waals surface area contributed by atoms with Crippen molar-refractivity contribution in [2.75, 3.05) is 25.1 Å². The largest absolute Gasteiger partial charge is 0.507 e. The van der Waals surface area contributed by atoms with E-state index in [1.54, 1.807) is 59.5 Å². The molecule has 2 aliphatic heterocycles. The molecule has 1 N–H and O–H groups in total. The van der Waals surface area contributed by atoms with E-state index in [9.17, 15) is 19.5 Å². The maximum Gasteiger partial charge on any atom is 0.410 e. The molecule has 1 atom stereocenters. The van der Waals surface area contributed by atoms with Crippen molar-refractivity contribution in [3.8, 4) is 17.0 Å². The van der Waals surface area contributed by atoms with E-state index in [0.29, 0.717) is 48.6 Å². The summed E-state index contributed by atoms with van der Waals surface area (Å²) in [4.78, 5) is 42.9. The van der Waals surface area contributed by atoms with Gasteiger partial charge in [-0.15, -0.1) is 0 Å². The van der Waals surface area contributed by atoms with Crippen LogP contribution >= 0.6 is 0 Å². The Morgan fingerprint density at radius 3 is 2.22 bits per heavy atom. The minimum atomic E-state index is -0.751. The van der Waals surface area contributed by atoms with Gasteiger partial charge in [0.05, 0.1) is 18.7 Å². The van der Waals surface area contributed by atoms with Crippen molar-refractivity contribution < 1.29 is 33.5 Å².